The molecule has 0 aromatic carbocycles. The van der Waals surface area contributed by atoms with Gasteiger partial charge in [-0.1, -0.05) is 0 Å². The first kappa shape index (κ1) is 62.7. The van der Waals surface area contributed by atoms with Gasteiger partial charge in [0.2, 0.25) is 0 Å². The molecule has 0 radical (unpaired) electrons. The molecular weight excluding hydrogens is 1070 g/mol. The van der Waals surface area contributed by atoms with Crippen molar-refractivity contribution in [3.05, 3.63) is 0 Å². The summed E-state index contributed by atoms with van der Waals surface area (Å²) in [4.78, 5) is 0. The minimum absolute atomic E-state index is 0.0974. The molecule has 0 aliphatic heterocycles. The zero-order valence-electron chi connectivity index (χ0n) is 29.1. The topological polar surface area (TPSA) is 0 Å². The van der Waals surface area contributed by atoms with Crippen LogP contribution < -0.4 is 0 Å². The van der Waals surface area contributed by atoms with Gasteiger partial charge in [-0.15, -0.1) is 9.24 Å². The molecule has 0 aliphatic rings. The molecule has 65 heavy (non-hydrogen) atoms. The lowest BCUT2D eigenvalue weighted by molar-refractivity contribution is -0.440. The average Bonchev–Trinajstić information content (AvgIpc) is 3.06. The van der Waals surface area contributed by atoms with E-state index in [0.29, 0.717) is 0 Å². The Bertz CT molecular complexity index is 1450. The van der Waals surface area contributed by atoms with Crippen LogP contribution in [0, 0.1) is 0 Å². The lowest BCUT2D eigenvalue weighted by Crippen LogP contribution is -2.70. The van der Waals surface area contributed by atoms with Crippen LogP contribution in [-0.4, -0.2) is 113 Å². The van der Waals surface area contributed by atoms with Crippen molar-refractivity contribution in [2.24, 2.45) is 0 Å². The standard InChI is InChI=1S/C25H14F39P/c26-8(27,11(32,33)14(38,39)17(44,45)20(50,51)23(56,57)58)4-1-7(65,2-5-9(28,29)12(34,35)15(40,41)18(46,47)21(52,53)24(59,60)61)3-6-10(30,31)13(36,37)16(42,43)19(48,49)22(54,55)25(62,63)64/h1-6,65H2. The third kappa shape index (κ3) is 9.31. The molecule has 0 nitrogen and oxygen atoms in total. The molecule has 0 N–H and O–H groups in total. The molecule has 0 aliphatic carbocycles. The SMILES string of the molecule is FC(F)(F)C(F)(F)C(F)(F)C(F)(F)C(F)(F)C(F)(F)CCC(P)(CCC(F)(F)C(F)(F)C(F)(F)C(F)(F)C(F)(F)C(F)(F)F)CCC(F)(F)C(F)(F)C(F)(F)C(F)(F)C(F)(F)C(F)(F)F. The van der Waals surface area contributed by atoms with Crippen LogP contribution in [-0.2, 0) is 0 Å². The Labute approximate surface area is 332 Å². The number of hydrogen-bond acceptors (Lipinski definition) is 0. The molecule has 0 saturated heterocycles. The number of halogens is 39. The minimum Gasteiger partial charge on any atom is -0.200 e. The van der Waals surface area contributed by atoms with E-state index in [1.807, 2.05) is 0 Å². The molecule has 0 spiro atoms. The summed E-state index contributed by atoms with van der Waals surface area (Å²) in [5, 5.41) is -4.60. The van der Waals surface area contributed by atoms with Gasteiger partial charge in [0, 0.05) is 19.3 Å². The Kier molecular flexibility index (Phi) is 15.8. The van der Waals surface area contributed by atoms with E-state index >= 15 is 0 Å². The van der Waals surface area contributed by atoms with Gasteiger partial charge in [-0.3, -0.25) is 0 Å². The second-order valence-electron chi connectivity index (χ2n) is 13.4. The van der Waals surface area contributed by atoms with E-state index in [0.717, 1.165) is 0 Å². The third-order valence-corrected chi connectivity index (χ3v) is 9.67. The molecule has 392 valence electrons. The molecule has 0 fully saturated rings. The quantitative estimate of drug-likeness (QED) is 0.0794. The fourth-order valence-electron chi connectivity index (χ4n) is 4.47. The molecular formula is C25H14F39P. The highest BCUT2D eigenvalue weighted by atomic mass is 31.0. The maximum Gasteiger partial charge on any atom is 0.460 e. The van der Waals surface area contributed by atoms with E-state index in [2.05, 4.69) is 0 Å². The summed E-state index contributed by atoms with van der Waals surface area (Å²) >= 11 is 0. The first-order valence-corrected chi connectivity index (χ1v) is 15.6. The first-order valence-electron chi connectivity index (χ1n) is 15.0. The maximum absolute atomic E-state index is 14.4. The zero-order chi connectivity index (χ0) is 53.7. The lowest BCUT2D eigenvalue weighted by atomic mass is 9.82. The van der Waals surface area contributed by atoms with E-state index in [1.54, 1.807) is 0 Å². The van der Waals surface area contributed by atoms with Crippen LogP contribution in [0.5, 0.6) is 0 Å². The maximum atomic E-state index is 14.4. The van der Waals surface area contributed by atoms with Gasteiger partial charge in [-0.2, -0.15) is 171 Å². The van der Waals surface area contributed by atoms with Gasteiger partial charge in [0.15, 0.2) is 0 Å². The summed E-state index contributed by atoms with van der Waals surface area (Å²) in [6.07, 6.45) is -46.6. The minimum atomic E-state index is -8.85. The zero-order valence-corrected chi connectivity index (χ0v) is 30.2. The lowest BCUT2D eigenvalue weighted by Gasteiger charge is -2.42. The molecule has 0 heterocycles. The number of hydrogen-bond donors (Lipinski definition) is 0. The van der Waals surface area contributed by atoms with Gasteiger partial charge in [0.1, 0.15) is 0 Å². The second kappa shape index (κ2) is 16.4. The monoisotopic (exact) mass is 1090 g/mol. The molecule has 0 bridgehead atoms. The summed E-state index contributed by atoms with van der Waals surface area (Å²) in [6.45, 7) is 0. The molecule has 0 saturated carbocycles. The van der Waals surface area contributed by atoms with Crippen molar-refractivity contribution in [3.8, 4) is 0 Å². The molecule has 0 amide bonds. The fourth-order valence-corrected chi connectivity index (χ4v) is 4.90. The molecule has 0 rings (SSSR count). The Hall–Kier alpha value is -2.30. The molecule has 40 heteroatoms. The smallest absolute Gasteiger partial charge is 0.200 e. The van der Waals surface area contributed by atoms with Gasteiger partial charge < -0.3 is 0 Å². The van der Waals surface area contributed by atoms with E-state index in [4.69, 9.17) is 0 Å². The largest absolute Gasteiger partial charge is 0.460 e. The van der Waals surface area contributed by atoms with E-state index in [9.17, 15) is 171 Å². The van der Waals surface area contributed by atoms with E-state index < -0.39 is 151 Å². The van der Waals surface area contributed by atoms with Crippen molar-refractivity contribution in [1.82, 2.24) is 0 Å². The predicted molar refractivity (Wildman–Crippen MR) is 133 cm³/mol. The summed E-state index contributed by atoms with van der Waals surface area (Å²) < 4.78 is 525. The predicted octanol–water partition coefficient (Wildman–Crippen LogP) is 15.2. The highest BCUT2D eigenvalue weighted by molar-refractivity contribution is 7.19. The van der Waals surface area contributed by atoms with Crippen LogP contribution in [0.4, 0.5) is 171 Å². The molecule has 1 atom stereocenters. The van der Waals surface area contributed by atoms with Crippen LogP contribution in [0.2, 0.25) is 0 Å². The van der Waals surface area contributed by atoms with Crippen LogP contribution in [0.3, 0.4) is 0 Å². The Balaban J connectivity index is 7.70. The van der Waals surface area contributed by atoms with Crippen molar-refractivity contribution in [3.63, 3.8) is 0 Å². The van der Waals surface area contributed by atoms with E-state index in [1.165, 1.54) is 0 Å². The Morgan fingerprint density at radius 1 is 0.169 bits per heavy atom. The Morgan fingerprint density at radius 2 is 0.292 bits per heavy atom. The molecule has 1 unspecified atom stereocenters. The van der Waals surface area contributed by atoms with Gasteiger partial charge in [-0.25, -0.2) is 0 Å². The first-order chi connectivity index (χ1) is 27.4. The summed E-state index contributed by atoms with van der Waals surface area (Å²) in [5.41, 5.74) is 0. The summed E-state index contributed by atoms with van der Waals surface area (Å²) in [7, 11) is 0.0974. The second-order valence-corrected chi connectivity index (χ2v) is 14.6. The van der Waals surface area contributed by atoms with Crippen molar-refractivity contribution in [2.75, 3.05) is 0 Å². The van der Waals surface area contributed by atoms with Gasteiger partial charge in [0.05, 0.1) is 0 Å². The highest BCUT2D eigenvalue weighted by Gasteiger charge is 2.93. The van der Waals surface area contributed by atoms with Crippen LogP contribution in [0.1, 0.15) is 38.5 Å². The summed E-state index contributed by atoms with van der Waals surface area (Å²) in [6, 6.07) is 0. The van der Waals surface area contributed by atoms with Crippen molar-refractivity contribution < 1.29 is 171 Å². The van der Waals surface area contributed by atoms with Gasteiger partial charge in [-0.05, 0) is 24.4 Å². The van der Waals surface area contributed by atoms with E-state index in [-0.39, 0.29) is 9.24 Å². The number of alkyl halides is 39. The number of rotatable bonds is 21. The molecule has 0 aromatic heterocycles. The fraction of sp³-hybridized carbons (Fsp3) is 1.00. The average molecular weight is 1090 g/mol. The summed E-state index contributed by atoms with van der Waals surface area (Å²) in [5.74, 6) is -127. The van der Waals surface area contributed by atoms with Crippen molar-refractivity contribution in [2.45, 2.75) is 151 Å². The van der Waals surface area contributed by atoms with Crippen LogP contribution >= 0.6 is 9.24 Å². The third-order valence-electron chi connectivity index (χ3n) is 8.81. The van der Waals surface area contributed by atoms with Gasteiger partial charge in [0.25, 0.3) is 0 Å². The highest BCUT2D eigenvalue weighted by Crippen LogP contribution is 2.65. The molecule has 0 aromatic rings. The Morgan fingerprint density at radius 3 is 0.415 bits per heavy atom. The van der Waals surface area contributed by atoms with Crippen LogP contribution in [0.25, 0.3) is 0 Å². The normalized spacial score (nSPS) is 17.0. The van der Waals surface area contributed by atoms with Gasteiger partial charge >= 0.3 is 107 Å². The van der Waals surface area contributed by atoms with Crippen molar-refractivity contribution in [1.29, 1.82) is 0 Å². The van der Waals surface area contributed by atoms with Crippen LogP contribution in [0.15, 0.2) is 0 Å². The van der Waals surface area contributed by atoms with Crippen molar-refractivity contribution >= 4 is 9.24 Å².